The number of hydrogen-bond donors (Lipinski definition) is 3. The molecule has 0 aliphatic heterocycles. The van der Waals surface area contributed by atoms with Gasteiger partial charge in [-0.3, -0.25) is 37.3 Å². The molecule has 19 heteroatoms. The molecule has 3 N–H and O–H groups in total. The molecule has 0 aromatic carbocycles. The van der Waals surface area contributed by atoms with Crippen LogP contribution in [0.5, 0.6) is 0 Å². The summed E-state index contributed by atoms with van der Waals surface area (Å²) in [5, 5.41) is 10.6. The third kappa shape index (κ3) is 76.6. The summed E-state index contributed by atoms with van der Waals surface area (Å²) in [7, 11) is -9.92. The van der Waals surface area contributed by atoms with E-state index in [0.717, 1.165) is 108 Å². The van der Waals surface area contributed by atoms with Crippen molar-refractivity contribution in [2.24, 2.45) is 17.8 Å². The summed E-state index contributed by atoms with van der Waals surface area (Å²) in [6, 6.07) is 0. The van der Waals surface area contributed by atoms with E-state index in [9.17, 15) is 43.2 Å². The number of carbonyl (C=O) groups is 4. The van der Waals surface area contributed by atoms with Crippen molar-refractivity contribution in [3.63, 3.8) is 0 Å². The second kappa shape index (κ2) is 74.2. The molecule has 0 aromatic heterocycles. The maximum atomic E-state index is 13.1. The summed E-state index contributed by atoms with van der Waals surface area (Å²) in [6.07, 6.45) is 64.2. The van der Waals surface area contributed by atoms with Crippen LogP contribution in [0.2, 0.25) is 0 Å². The Hall–Kier alpha value is -1.94. The minimum absolute atomic E-state index is 0.104. The van der Waals surface area contributed by atoms with E-state index in [-0.39, 0.29) is 25.7 Å². The fourth-order valence-corrected chi connectivity index (χ4v) is 14.6. The largest absolute Gasteiger partial charge is 0.472 e. The van der Waals surface area contributed by atoms with Crippen molar-refractivity contribution in [2.75, 3.05) is 39.6 Å². The van der Waals surface area contributed by atoms with Crippen LogP contribution in [-0.4, -0.2) is 96.7 Å². The number of aliphatic hydroxyl groups is 1. The highest BCUT2D eigenvalue weighted by atomic mass is 31.2. The molecule has 0 aliphatic carbocycles. The number of phosphoric ester groups is 2. The van der Waals surface area contributed by atoms with Crippen LogP contribution in [0.25, 0.3) is 0 Å². The minimum Gasteiger partial charge on any atom is -0.462 e. The molecule has 0 radical (unpaired) electrons. The molecule has 0 fully saturated rings. The lowest BCUT2D eigenvalue weighted by Crippen LogP contribution is -2.30. The lowest BCUT2D eigenvalue weighted by molar-refractivity contribution is -0.161. The summed E-state index contributed by atoms with van der Waals surface area (Å²) in [4.78, 5) is 73.0. The number of phosphoric acid groups is 2. The lowest BCUT2D eigenvalue weighted by Gasteiger charge is -2.21. The van der Waals surface area contributed by atoms with Gasteiger partial charge in [-0.25, -0.2) is 9.13 Å². The van der Waals surface area contributed by atoms with Gasteiger partial charge in [0.15, 0.2) is 12.2 Å². The van der Waals surface area contributed by atoms with Gasteiger partial charge in [-0.05, 0) is 43.4 Å². The Kier molecular flexibility index (Phi) is 72.8. The Bertz CT molecular complexity index is 1990. The van der Waals surface area contributed by atoms with Crippen molar-refractivity contribution in [1.29, 1.82) is 0 Å². The normalized spacial score (nSPS) is 14.2. The molecular formula is C84H164O17P2. The predicted octanol–water partition coefficient (Wildman–Crippen LogP) is 25.3. The van der Waals surface area contributed by atoms with Crippen LogP contribution in [0, 0.1) is 17.8 Å². The van der Waals surface area contributed by atoms with Crippen molar-refractivity contribution >= 4 is 39.5 Å². The highest BCUT2D eigenvalue weighted by molar-refractivity contribution is 7.47. The first-order valence-corrected chi connectivity index (χ1v) is 46.4. The molecule has 0 saturated carbocycles. The van der Waals surface area contributed by atoms with E-state index >= 15 is 0 Å². The van der Waals surface area contributed by atoms with Crippen molar-refractivity contribution in [1.82, 2.24) is 0 Å². The van der Waals surface area contributed by atoms with Crippen LogP contribution in [0.1, 0.15) is 440 Å². The van der Waals surface area contributed by atoms with Gasteiger partial charge in [0.05, 0.1) is 26.4 Å². The van der Waals surface area contributed by atoms with Crippen LogP contribution in [0.3, 0.4) is 0 Å². The highest BCUT2D eigenvalue weighted by Crippen LogP contribution is 2.45. The van der Waals surface area contributed by atoms with Crippen LogP contribution in [0.4, 0.5) is 0 Å². The first-order chi connectivity index (χ1) is 49.8. The Morgan fingerprint density at radius 1 is 0.282 bits per heavy atom. The molecule has 0 aliphatic rings. The minimum atomic E-state index is -4.96. The van der Waals surface area contributed by atoms with Gasteiger partial charge in [-0.1, -0.05) is 389 Å². The summed E-state index contributed by atoms with van der Waals surface area (Å²) in [6.45, 7) is 11.9. The fraction of sp³-hybridized carbons (Fsp3) is 0.952. The van der Waals surface area contributed by atoms with Crippen molar-refractivity contribution < 1.29 is 80.2 Å². The molecular weight excluding hydrogens is 1340 g/mol. The van der Waals surface area contributed by atoms with Crippen molar-refractivity contribution in [3.8, 4) is 0 Å². The molecule has 0 heterocycles. The molecule has 3 unspecified atom stereocenters. The van der Waals surface area contributed by atoms with Crippen LogP contribution in [0.15, 0.2) is 0 Å². The van der Waals surface area contributed by atoms with Crippen molar-refractivity contribution in [3.05, 3.63) is 0 Å². The first kappa shape index (κ1) is 101. The predicted molar refractivity (Wildman–Crippen MR) is 423 cm³/mol. The zero-order valence-corrected chi connectivity index (χ0v) is 69.6. The average Bonchev–Trinajstić information content (AvgIpc) is 0.913. The van der Waals surface area contributed by atoms with E-state index in [1.807, 2.05) is 0 Å². The van der Waals surface area contributed by atoms with E-state index < -0.39 is 97.5 Å². The molecule has 0 amide bonds. The van der Waals surface area contributed by atoms with E-state index in [1.54, 1.807) is 0 Å². The number of rotatable bonds is 82. The van der Waals surface area contributed by atoms with Crippen molar-refractivity contribution in [2.45, 2.75) is 458 Å². The number of carbonyl (C=O) groups excluding carboxylic acids is 4. The molecule has 0 aromatic rings. The monoisotopic (exact) mass is 1510 g/mol. The van der Waals surface area contributed by atoms with E-state index in [1.165, 1.54) is 244 Å². The quantitative estimate of drug-likeness (QED) is 0.0222. The summed E-state index contributed by atoms with van der Waals surface area (Å²) in [5.41, 5.74) is 0. The van der Waals surface area contributed by atoms with Gasteiger partial charge in [0, 0.05) is 25.7 Å². The van der Waals surface area contributed by atoms with Gasteiger partial charge in [0.25, 0.3) is 0 Å². The molecule has 17 nitrogen and oxygen atoms in total. The molecule has 6 atom stereocenters. The van der Waals surface area contributed by atoms with Crippen LogP contribution in [-0.2, 0) is 65.4 Å². The Morgan fingerprint density at radius 2 is 0.495 bits per heavy atom. The summed E-state index contributed by atoms with van der Waals surface area (Å²) < 4.78 is 68.7. The van der Waals surface area contributed by atoms with Gasteiger partial charge >= 0.3 is 39.5 Å². The molecule has 103 heavy (non-hydrogen) atoms. The van der Waals surface area contributed by atoms with Gasteiger partial charge < -0.3 is 33.8 Å². The second-order valence-electron chi connectivity index (χ2n) is 31.4. The number of unbranched alkanes of at least 4 members (excludes halogenated alkanes) is 49. The number of hydrogen-bond acceptors (Lipinski definition) is 15. The average molecular weight is 1510 g/mol. The number of aliphatic hydroxyl groups excluding tert-OH is 1. The maximum Gasteiger partial charge on any atom is 0.472 e. The van der Waals surface area contributed by atoms with E-state index in [4.69, 9.17) is 37.0 Å². The third-order valence-electron chi connectivity index (χ3n) is 20.0. The molecule has 0 saturated heterocycles. The zero-order chi connectivity index (χ0) is 75.8. The Labute approximate surface area is 632 Å². The summed E-state index contributed by atoms with van der Waals surface area (Å²) >= 11 is 0. The van der Waals surface area contributed by atoms with Gasteiger partial charge in [-0.15, -0.1) is 0 Å². The molecule has 0 spiro atoms. The molecule has 0 bridgehead atoms. The molecule has 612 valence electrons. The van der Waals surface area contributed by atoms with Crippen LogP contribution < -0.4 is 0 Å². The maximum absolute atomic E-state index is 13.1. The smallest absolute Gasteiger partial charge is 0.462 e. The summed E-state index contributed by atoms with van der Waals surface area (Å²) in [5.74, 6) is 0.182. The Morgan fingerprint density at radius 3 is 0.738 bits per heavy atom. The SMILES string of the molecule is CCCCCCCCCCCCCCCCCCCCCCC(=O)OC[C@H](COP(=O)(O)OC[C@@H](O)COP(=O)(O)OC[C@@H](COC(=O)CCCCCCCCCC(C)C)OC(=O)CCCCCCCCCCC(C)C)OC(=O)CCCCCCCCCCCCCCCCCCCCC(C)CC. The first-order valence-electron chi connectivity index (χ1n) is 43.4. The Balaban J connectivity index is 5.19. The van der Waals surface area contributed by atoms with Gasteiger partial charge in [0.2, 0.25) is 0 Å². The zero-order valence-electron chi connectivity index (χ0n) is 67.8. The number of ether oxygens (including phenoxy) is 4. The second-order valence-corrected chi connectivity index (χ2v) is 34.3. The van der Waals surface area contributed by atoms with Crippen LogP contribution >= 0.6 is 15.6 Å². The number of esters is 4. The topological polar surface area (TPSA) is 237 Å². The molecule has 0 rings (SSSR count). The fourth-order valence-electron chi connectivity index (χ4n) is 13.0. The van der Waals surface area contributed by atoms with Gasteiger partial charge in [0.1, 0.15) is 19.3 Å². The van der Waals surface area contributed by atoms with E-state index in [0.29, 0.717) is 31.6 Å². The standard InChI is InChI=1S/C84H164O17P2/c1-8-10-11-12-13-14-15-16-17-18-19-20-24-27-30-33-36-44-51-58-65-81(86)94-71-79(100-83(88)67-60-53-45-37-34-31-28-25-22-21-23-26-29-32-35-43-50-57-64-77(7)9-2)73-98-102(90,91)96-69-78(85)70-97-103(92,93)99-74-80(72-95-82(87)66-59-52-47-40-42-49-56-63-76(5)6)101-84(89)68-61-54-46-39-38-41-48-55-62-75(3)4/h75-80,85H,8-74H2,1-7H3,(H,90,91)(H,92,93)/t77?,78-,79-,80-/m1/s1. The van der Waals surface area contributed by atoms with E-state index in [2.05, 4.69) is 48.5 Å². The van der Waals surface area contributed by atoms with Gasteiger partial charge in [-0.2, -0.15) is 0 Å². The third-order valence-corrected chi connectivity index (χ3v) is 21.9. The lowest BCUT2D eigenvalue weighted by atomic mass is 9.99. The highest BCUT2D eigenvalue weighted by Gasteiger charge is 2.30.